The van der Waals surface area contributed by atoms with E-state index in [0.717, 1.165) is 70.0 Å². The van der Waals surface area contributed by atoms with E-state index in [1.54, 1.807) is 0 Å². The predicted molar refractivity (Wildman–Crippen MR) is 133 cm³/mol. The van der Waals surface area contributed by atoms with E-state index in [9.17, 15) is 4.79 Å². The monoisotopic (exact) mass is 445 g/mol. The fraction of sp³-hybridized carbons (Fsp3) is 0.481. The van der Waals surface area contributed by atoms with E-state index in [0.29, 0.717) is 11.9 Å². The average Bonchev–Trinajstić information content (AvgIpc) is 3.22. The van der Waals surface area contributed by atoms with E-state index < -0.39 is 0 Å². The van der Waals surface area contributed by atoms with Crippen LogP contribution in [0.2, 0.25) is 0 Å². The molecule has 5 rings (SSSR count). The smallest absolute Gasteiger partial charge is 0.227 e. The van der Waals surface area contributed by atoms with E-state index in [2.05, 4.69) is 81.6 Å². The van der Waals surface area contributed by atoms with Gasteiger partial charge < -0.3 is 14.4 Å². The largest absolute Gasteiger partial charge is 0.368 e. The Morgan fingerprint density at radius 2 is 1.70 bits per heavy atom. The van der Waals surface area contributed by atoms with Crippen LogP contribution in [0.4, 0.5) is 5.69 Å². The molecule has 1 amide bonds. The summed E-state index contributed by atoms with van der Waals surface area (Å²) in [6, 6.07) is 19.3. The van der Waals surface area contributed by atoms with Gasteiger partial charge in [0.2, 0.25) is 5.91 Å². The molecule has 6 nitrogen and oxygen atoms in total. The molecule has 0 spiro atoms. The molecule has 2 aliphatic rings. The SMILES string of the molecule is CC(C)n1c(CN2CCC[C@@H](C(=O)N3CCN(c4ccccc4)CC3)C2)nc2ccccc21. The van der Waals surface area contributed by atoms with Crippen LogP contribution < -0.4 is 4.90 Å². The second kappa shape index (κ2) is 9.56. The fourth-order valence-electron chi connectivity index (χ4n) is 5.46. The Morgan fingerprint density at radius 1 is 0.970 bits per heavy atom. The van der Waals surface area contributed by atoms with Crippen molar-refractivity contribution >= 4 is 22.6 Å². The van der Waals surface area contributed by atoms with Crippen LogP contribution in [0.15, 0.2) is 54.6 Å². The molecular weight excluding hydrogens is 410 g/mol. The first-order valence-electron chi connectivity index (χ1n) is 12.4. The Morgan fingerprint density at radius 3 is 2.45 bits per heavy atom. The Hall–Kier alpha value is -2.86. The summed E-state index contributed by atoms with van der Waals surface area (Å²) in [6.45, 7) is 10.5. The number of likely N-dealkylation sites (tertiary alicyclic amines) is 1. The number of benzene rings is 2. The zero-order chi connectivity index (χ0) is 22.8. The topological polar surface area (TPSA) is 44.6 Å². The molecule has 33 heavy (non-hydrogen) atoms. The van der Waals surface area contributed by atoms with Gasteiger partial charge in [-0.05, 0) is 57.5 Å². The lowest BCUT2D eigenvalue weighted by Gasteiger charge is -2.39. The van der Waals surface area contributed by atoms with Crippen LogP contribution in [-0.2, 0) is 11.3 Å². The van der Waals surface area contributed by atoms with Gasteiger partial charge in [-0.15, -0.1) is 0 Å². The molecule has 0 aliphatic carbocycles. The highest BCUT2D eigenvalue weighted by Crippen LogP contribution is 2.25. The van der Waals surface area contributed by atoms with E-state index >= 15 is 0 Å². The van der Waals surface area contributed by atoms with E-state index in [1.165, 1.54) is 11.2 Å². The van der Waals surface area contributed by atoms with Crippen molar-refractivity contribution in [2.45, 2.75) is 39.3 Å². The molecule has 6 heteroatoms. The van der Waals surface area contributed by atoms with Gasteiger partial charge in [0.05, 0.1) is 23.5 Å². The van der Waals surface area contributed by atoms with Crippen LogP contribution in [0.1, 0.15) is 38.6 Å². The highest BCUT2D eigenvalue weighted by atomic mass is 16.2. The predicted octanol–water partition coefficient (Wildman–Crippen LogP) is 4.18. The van der Waals surface area contributed by atoms with Crippen LogP contribution in [-0.4, -0.2) is 64.5 Å². The molecule has 3 heterocycles. The lowest BCUT2D eigenvalue weighted by atomic mass is 9.96. The zero-order valence-electron chi connectivity index (χ0n) is 19.9. The molecule has 174 valence electrons. The number of nitrogens with zero attached hydrogens (tertiary/aromatic N) is 5. The van der Waals surface area contributed by atoms with Gasteiger partial charge in [0.1, 0.15) is 5.82 Å². The molecule has 0 N–H and O–H groups in total. The molecular formula is C27H35N5O. The van der Waals surface area contributed by atoms with Crippen molar-refractivity contribution in [3.63, 3.8) is 0 Å². The first kappa shape index (κ1) is 22.0. The number of rotatable bonds is 5. The number of carbonyl (C=O) groups excluding carboxylic acids is 1. The molecule has 2 aromatic carbocycles. The van der Waals surface area contributed by atoms with Crippen LogP contribution in [0.5, 0.6) is 0 Å². The number of anilines is 1. The number of para-hydroxylation sites is 3. The van der Waals surface area contributed by atoms with Crippen molar-refractivity contribution in [1.29, 1.82) is 0 Å². The quantitative estimate of drug-likeness (QED) is 0.591. The van der Waals surface area contributed by atoms with Gasteiger partial charge >= 0.3 is 0 Å². The fourth-order valence-corrected chi connectivity index (χ4v) is 5.46. The normalized spacial score (nSPS) is 20.0. The van der Waals surface area contributed by atoms with Gasteiger partial charge in [-0.25, -0.2) is 4.98 Å². The van der Waals surface area contributed by atoms with Gasteiger partial charge in [-0.2, -0.15) is 0 Å². The summed E-state index contributed by atoms with van der Waals surface area (Å²) in [5.74, 6) is 1.54. The molecule has 0 radical (unpaired) electrons. The maximum Gasteiger partial charge on any atom is 0.227 e. The number of aromatic nitrogens is 2. The highest BCUT2D eigenvalue weighted by Gasteiger charge is 2.31. The summed E-state index contributed by atoms with van der Waals surface area (Å²) in [7, 11) is 0. The lowest BCUT2D eigenvalue weighted by Crippen LogP contribution is -2.52. The molecule has 3 aromatic rings. The maximum atomic E-state index is 13.4. The van der Waals surface area contributed by atoms with E-state index in [1.807, 2.05) is 6.07 Å². The number of piperazine rings is 1. The number of fused-ring (bicyclic) bond motifs is 1. The molecule has 2 fully saturated rings. The van der Waals surface area contributed by atoms with Gasteiger partial charge in [-0.1, -0.05) is 30.3 Å². The number of piperidine rings is 1. The second-order valence-electron chi connectivity index (χ2n) is 9.70. The van der Waals surface area contributed by atoms with Gasteiger partial charge in [-0.3, -0.25) is 9.69 Å². The molecule has 0 bridgehead atoms. The summed E-state index contributed by atoms with van der Waals surface area (Å²) in [5.41, 5.74) is 3.51. The second-order valence-corrected chi connectivity index (χ2v) is 9.70. The van der Waals surface area contributed by atoms with Gasteiger partial charge in [0.25, 0.3) is 0 Å². The first-order valence-corrected chi connectivity index (χ1v) is 12.4. The van der Waals surface area contributed by atoms with Crippen molar-refractivity contribution in [2.24, 2.45) is 5.92 Å². The van der Waals surface area contributed by atoms with Crippen molar-refractivity contribution in [3.05, 3.63) is 60.4 Å². The third-order valence-corrected chi connectivity index (χ3v) is 7.12. The third kappa shape index (κ3) is 4.62. The van der Waals surface area contributed by atoms with E-state index in [-0.39, 0.29) is 5.92 Å². The minimum Gasteiger partial charge on any atom is -0.368 e. The van der Waals surface area contributed by atoms with Crippen LogP contribution in [0.25, 0.3) is 11.0 Å². The van der Waals surface area contributed by atoms with Crippen LogP contribution >= 0.6 is 0 Å². The summed E-state index contributed by atoms with van der Waals surface area (Å²) < 4.78 is 2.35. The van der Waals surface area contributed by atoms with Crippen molar-refractivity contribution < 1.29 is 4.79 Å². The maximum absolute atomic E-state index is 13.4. The Labute approximate surface area is 196 Å². The van der Waals surface area contributed by atoms with Gasteiger partial charge in [0.15, 0.2) is 0 Å². The molecule has 0 unspecified atom stereocenters. The Kier molecular flexibility index (Phi) is 6.36. The summed E-state index contributed by atoms with van der Waals surface area (Å²) in [4.78, 5) is 25.2. The summed E-state index contributed by atoms with van der Waals surface area (Å²) >= 11 is 0. The number of amides is 1. The van der Waals surface area contributed by atoms with E-state index in [4.69, 9.17) is 4.98 Å². The summed E-state index contributed by atoms with van der Waals surface area (Å²) in [5, 5.41) is 0. The number of hydrogen-bond donors (Lipinski definition) is 0. The van der Waals surface area contributed by atoms with Crippen molar-refractivity contribution in [3.8, 4) is 0 Å². The third-order valence-electron chi connectivity index (χ3n) is 7.12. The standard InChI is InChI=1S/C27H35N5O/c1-21(2)32-25-13-7-6-12-24(25)28-26(32)20-29-14-8-9-22(19-29)27(33)31-17-15-30(16-18-31)23-10-4-3-5-11-23/h3-7,10-13,21-22H,8-9,14-20H2,1-2H3/t22-/m1/s1. The minimum absolute atomic E-state index is 0.0962. The lowest BCUT2D eigenvalue weighted by molar-refractivity contribution is -0.137. The average molecular weight is 446 g/mol. The number of imidazole rings is 1. The molecule has 2 aliphatic heterocycles. The minimum atomic E-state index is 0.0962. The summed E-state index contributed by atoms with van der Waals surface area (Å²) in [6.07, 6.45) is 2.07. The number of carbonyl (C=O) groups is 1. The molecule has 1 aromatic heterocycles. The van der Waals surface area contributed by atoms with Crippen molar-refractivity contribution in [1.82, 2.24) is 19.4 Å². The van der Waals surface area contributed by atoms with Gasteiger partial charge in [0, 0.05) is 44.5 Å². The van der Waals surface area contributed by atoms with Crippen LogP contribution in [0, 0.1) is 5.92 Å². The van der Waals surface area contributed by atoms with Crippen molar-refractivity contribution in [2.75, 3.05) is 44.2 Å². The Bertz CT molecular complexity index is 1080. The highest BCUT2D eigenvalue weighted by molar-refractivity contribution is 5.79. The molecule has 2 saturated heterocycles. The zero-order valence-corrected chi connectivity index (χ0v) is 19.9. The first-order chi connectivity index (χ1) is 16.1. The van der Waals surface area contributed by atoms with Crippen LogP contribution in [0.3, 0.4) is 0 Å². The Balaban J connectivity index is 1.22. The molecule has 1 atom stereocenters. The number of hydrogen-bond acceptors (Lipinski definition) is 4. The molecule has 0 saturated carbocycles.